The van der Waals surface area contributed by atoms with Gasteiger partial charge in [-0.1, -0.05) is 0 Å². The third-order valence-corrected chi connectivity index (χ3v) is 3.85. The highest BCUT2D eigenvalue weighted by Crippen LogP contribution is 2.33. The lowest BCUT2D eigenvalue weighted by Crippen LogP contribution is -2.25. The number of carboxylic acid groups (broad SMARTS) is 1. The number of rotatable bonds is 5. The zero-order chi connectivity index (χ0) is 19.8. The van der Waals surface area contributed by atoms with Gasteiger partial charge in [0.25, 0.3) is 0 Å². The van der Waals surface area contributed by atoms with Gasteiger partial charge >= 0.3 is 5.97 Å². The molecule has 1 aromatic carbocycles. The van der Waals surface area contributed by atoms with E-state index in [2.05, 4.69) is 4.98 Å². The molecule has 1 atom stereocenters. The fourth-order valence-corrected chi connectivity index (χ4v) is 2.63. The summed E-state index contributed by atoms with van der Waals surface area (Å²) in [5.41, 5.74) is -2.11. The van der Waals surface area contributed by atoms with Crippen LogP contribution in [0.4, 0.5) is 13.2 Å². The number of hydrogen-bond acceptors (Lipinski definition) is 5. The van der Waals surface area contributed by atoms with Gasteiger partial charge < -0.3 is 19.3 Å². The Morgan fingerprint density at radius 2 is 1.96 bits per heavy atom. The van der Waals surface area contributed by atoms with E-state index in [1.807, 2.05) is 0 Å². The molecular weight excluding hydrogens is 367 g/mol. The smallest absolute Gasteiger partial charge is 0.354 e. The molecule has 6 nitrogen and oxygen atoms in total. The number of nitrogens with zero attached hydrogens (tertiary/aromatic N) is 1. The molecule has 2 aromatic rings. The molecule has 0 unspecified atom stereocenters. The lowest BCUT2D eigenvalue weighted by molar-refractivity contribution is -0.141. The van der Waals surface area contributed by atoms with Gasteiger partial charge in [-0.3, -0.25) is 0 Å². The third kappa shape index (κ3) is 4.04. The molecule has 1 fully saturated rings. The van der Waals surface area contributed by atoms with Gasteiger partial charge in [0.15, 0.2) is 17.4 Å². The minimum absolute atomic E-state index is 0.0729. The van der Waals surface area contributed by atoms with Crippen molar-refractivity contribution in [1.82, 2.24) is 4.98 Å². The summed E-state index contributed by atoms with van der Waals surface area (Å²) in [6.07, 6.45) is -0.460. The second-order valence-electron chi connectivity index (χ2n) is 6.33. The second-order valence-corrected chi connectivity index (χ2v) is 6.33. The van der Waals surface area contributed by atoms with Crippen molar-refractivity contribution < 1.29 is 37.3 Å². The molecule has 1 aliphatic heterocycles. The highest BCUT2D eigenvalue weighted by atomic mass is 19.1. The summed E-state index contributed by atoms with van der Waals surface area (Å²) in [6.45, 7) is 3.59. The highest BCUT2D eigenvalue weighted by Gasteiger charge is 2.33. The van der Waals surface area contributed by atoms with Crippen molar-refractivity contribution in [2.75, 3.05) is 13.2 Å². The maximum absolute atomic E-state index is 14.8. The first-order valence-corrected chi connectivity index (χ1v) is 8.01. The molecule has 0 radical (unpaired) electrons. The van der Waals surface area contributed by atoms with Crippen LogP contribution in [0.15, 0.2) is 24.3 Å². The fourth-order valence-electron chi connectivity index (χ4n) is 2.63. The standard InChI is InChI=1S/C18H16F3NO5/c1-18(2)26-8-9(27-18)7-25-13-6-4-10(19)14(15(13)21)16-11(20)3-5-12(22-16)17(23)24/h3-6,9H,7-8H2,1-2H3,(H,23,24)/t9-/m0/s1. The van der Waals surface area contributed by atoms with Gasteiger partial charge in [-0.05, 0) is 38.1 Å². The Kier molecular flexibility index (Phi) is 5.07. The fraction of sp³-hybridized carbons (Fsp3) is 0.333. The molecule has 1 aliphatic rings. The van der Waals surface area contributed by atoms with E-state index in [0.717, 1.165) is 24.3 Å². The van der Waals surface area contributed by atoms with E-state index < -0.39 is 52.3 Å². The molecule has 0 spiro atoms. The molecule has 1 N–H and O–H groups in total. The molecule has 3 rings (SSSR count). The average Bonchev–Trinajstić information content (AvgIpc) is 2.94. The monoisotopic (exact) mass is 383 g/mol. The van der Waals surface area contributed by atoms with Crippen molar-refractivity contribution in [3.63, 3.8) is 0 Å². The van der Waals surface area contributed by atoms with Crippen molar-refractivity contribution >= 4 is 5.97 Å². The van der Waals surface area contributed by atoms with Gasteiger partial charge in [0.05, 0.1) is 12.2 Å². The van der Waals surface area contributed by atoms with E-state index in [-0.39, 0.29) is 19.0 Å². The Labute approximate surface area is 152 Å². The van der Waals surface area contributed by atoms with Crippen molar-refractivity contribution in [1.29, 1.82) is 0 Å². The average molecular weight is 383 g/mol. The third-order valence-electron chi connectivity index (χ3n) is 3.85. The Bertz CT molecular complexity index is 888. The molecule has 0 bridgehead atoms. The van der Waals surface area contributed by atoms with E-state index in [1.54, 1.807) is 13.8 Å². The predicted molar refractivity (Wildman–Crippen MR) is 86.9 cm³/mol. The minimum Gasteiger partial charge on any atom is -0.488 e. The summed E-state index contributed by atoms with van der Waals surface area (Å²) >= 11 is 0. The molecule has 1 saturated heterocycles. The molecule has 0 saturated carbocycles. The largest absolute Gasteiger partial charge is 0.488 e. The van der Waals surface area contributed by atoms with E-state index in [0.29, 0.717) is 0 Å². The number of carboxylic acids is 1. The summed E-state index contributed by atoms with van der Waals surface area (Å²) in [5.74, 6) is -5.95. The number of carbonyl (C=O) groups is 1. The van der Waals surface area contributed by atoms with E-state index in [4.69, 9.17) is 19.3 Å². The molecule has 0 amide bonds. The van der Waals surface area contributed by atoms with Crippen LogP contribution in [-0.2, 0) is 9.47 Å². The van der Waals surface area contributed by atoms with E-state index in [9.17, 15) is 18.0 Å². The number of halogens is 3. The summed E-state index contributed by atoms with van der Waals surface area (Å²) in [4.78, 5) is 14.5. The summed E-state index contributed by atoms with van der Waals surface area (Å²) in [7, 11) is 0. The molecule has 0 aliphatic carbocycles. The van der Waals surface area contributed by atoms with E-state index >= 15 is 0 Å². The van der Waals surface area contributed by atoms with Crippen LogP contribution in [0.3, 0.4) is 0 Å². The van der Waals surface area contributed by atoms with Crippen molar-refractivity contribution in [3.05, 3.63) is 47.4 Å². The molecule has 2 heterocycles. The predicted octanol–water partition coefficient (Wildman–Crippen LogP) is 3.39. The number of benzene rings is 1. The van der Waals surface area contributed by atoms with Crippen LogP contribution in [0.25, 0.3) is 11.3 Å². The number of aromatic nitrogens is 1. The summed E-state index contributed by atoms with van der Waals surface area (Å²) in [5, 5.41) is 8.97. The van der Waals surface area contributed by atoms with Crippen molar-refractivity contribution in [2.24, 2.45) is 0 Å². The SMILES string of the molecule is CC1(C)OC[C@H](COc2ccc(F)c(-c3nc(C(=O)O)ccc3F)c2F)O1. The van der Waals surface area contributed by atoms with Gasteiger partial charge in [0.1, 0.15) is 35.7 Å². The molecular formula is C18H16F3NO5. The van der Waals surface area contributed by atoms with Gasteiger partial charge in [-0.25, -0.2) is 22.9 Å². The second kappa shape index (κ2) is 7.16. The Morgan fingerprint density at radius 1 is 1.26 bits per heavy atom. The summed E-state index contributed by atoms with van der Waals surface area (Å²) in [6, 6.07) is 3.62. The first-order valence-electron chi connectivity index (χ1n) is 8.01. The van der Waals surface area contributed by atoms with Crippen molar-refractivity contribution in [3.8, 4) is 17.0 Å². The number of pyridine rings is 1. The molecule has 144 valence electrons. The lowest BCUT2D eigenvalue weighted by atomic mass is 10.1. The zero-order valence-electron chi connectivity index (χ0n) is 14.5. The Morgan fingerprint density at radius 3 is 2.59 bits per heavy atom. The lowest BCUT2D eigenvalue weighted by Gasteiger charge is -2.17. The van der Waals surface area contributed by atoms with Gasteiger partial charge in [0.2, 0.25) is 0 Å². The highest BCUT2D eigenvalue weighted by molar-refractivity contribution is 5.86. The Balaban J connectivity index is 1.90. The zero-order valence-corrected chi connectivity index (χ0v) is 14.5. The number of aromatic carboxylic acids is 1. The maximum Gasteiger partial charge on any atom is 0.354 e. The normalized spacial score (nSPS) is 18.5. The van der Waals surface area contributed by atoms with E-state index in [1.165, 1.54) is 0 Å². The first kappa shape index (κ1) is 19.1. The van der Waals surface area contributed by atoms with Crippen LogP contribution in [0.1, 0.15) is 24.3 Å². The Hall–Kier alpha value is -2.65. The maximum atomic E-state index is 14.8. The van der Waals surface area contributed by atoms with Gasteiger partial charge in [-0.2, -0.15) is 0 Å². The first-order chi connectivity index (χ1) is 12.7. The number of hydrogen-bond donors (Lipinski definition) is 1. The van der Waals surface area contributed by atoms with Crippen LogP contribution in [-0.4, -0.2) is 41.2 Å². The van der Waals surface area contributed by atoms with Crippen LogP contribution >= 0.6 is 0 Å². The number of ether oxygens (including phenoxy) is 3. The molecule has 1 aromatic heterocycles. The van der Waals surface area contributed by atoms with Crippen LogP contribution < -0.4 is 4.74 Å². The quantitative estimate of drug-likeness (QED) is 0.853. The topological polar surface area (TPSA) is 77.9 Å². The van der Waals surface area contributed by atoms with Crippen molar-refractivity contribution in [2.45, 2.75) is 25.7 Å². The van der Waals surface area contributed by atoms with Crippen LogP contribution in [0.2, 0.25) is 0 Å². The van der Waals surface area contributed by atoms with Crippen LogP contribution in [0, 0.1) is 17.5 Å². The molecule has 27 heavy (non-hydrogen) atoms. The van der Waals surface area contributed by atoms with Gasteiger partial charge in [0, 0.05) is 0 Å². The molecule has 9 heteroatoms. The van der Waals surface area contributed by atoms with Crippen LogP contribution in [0.5, 0.6) is 5.75 Å². The van der Waals surface area contributed by atoms with Gasteiger partial charge in [-0.15, -0.1) is 0 Å². The minimum atomic E-state index is -1.45. The summed E-state index contributed by atoms with van der Waals surface area (Å²) < 4.78 is 59.2.